The molecule has 0 aliphatic heterocycles. The minimum Gasteiger partial charge on any atom is -0.480 e. The third-order valence-electron chi connectivity index (χ3n) is 4.54. The highest BCUT2D eigenvalue weighted by molar-refractivity contribution is 5.87. The fourth-order valence-electron chi connectivity index (χ4n) is 2.88. The van der Waals surface area contributed by atoms with E-state index in [1.807, 2.05) is 43.3 Å². The van der Waals surface area contributed by atoms with Crippen LogP contribution in [0.4, 0.5) is 0 Å². The van der Waals surface area contributed by atoms with Crippen molar-refractivity contribution in [3.05, 3.63) is 48.6 Å². The van der Waals surface area contributed by atoms with Crippen molar-refractivity contribution in [3.63, 3.8) is 0 Å². The van der Waals surface area contributed by atoms with Crippen LogP contribution in [0.2, 0.25) is 0 Å². The second-order valence-corrected chi connectivity index (χ2v) is 6.94. The monoisotopic (exact) mass is 388 g/mol. The number of hydrogen-bond acceptors (Lipinski definition) is 3. The van der Waals surface area contributed by atoms with Gasteiger partial charge in [0.05, 0.1) is 6.04 Å². The highest BCUT2D eigenvalue weighted by Crippen LogP contribution is 2.12. The summed E-state index contributed by atoms with van der Waals surface area (Å²) in [6.45, 7) is 5.55. The molecule has 0 heterocycles. The molecule has 6 heteroatoms. The summed E-state index contributed by atoms with van der Waals surface area (Å²) in [5.41, 5.74) is 0.985. The van der Waals surface area contributed by atoms with Gasteiger partial charge in [-0.1, -0.05) is 55.7 Å². The summed E-state index contributed by atoms with van der Waals surface area (Å²) in [7, 11) is 0. The zero-order chi connectivity index (χ0) is 20.8. The first kappa shape index (κ1) is 23.4. The second-order valence-electron chi connectivity index (χ2n) is 6.94. The quantitative estimate of drug-likeness (QED) is 0.334. The number of unbranched alkanes of at least 4 members (excludes halogenated alkanes) is 4. The van der Waals surface area contributed by atoms with Gasteiger partial charge in [-0.25, -0.2) is 4.79 Å². The average molecular weight is 389 g/mol. The summed E-state index contributed by atoms with van der Waals surface area (Å²) in [5.74, 6) is -1.69. The lowest BCUT2D eigenvalue weighted by Crippen LogP contribution is -2.41. The molecule has 0 radical (unpaired) electrons. The van der Waals surface area contributed by atoms with Crippen LogP contribution < -0.4 is 10.6 Å². The molecule has 0 unspecified atom stereocenters. The van der Waals surface area contributed by atoms with Crippen LogP contribution in [0.15, 0.2) is 43.0 Å². The van der Waals surface area contributed by atoms with Crippen molar-refractivity contribution in [1.82, 2.24) is 10.6 Å². The predicted octanol–water partition coefficient (Wildman–Crippen LogP) is 3.74. The Hall–Kier alpha value is -2.63. The largest absolute Gasteiger partial charge is 0.480 e. The third kappa shape index (κ3) is 9.90. The number of carboxylic acids is 1. The maximum absolute atomic E-state index is 12.0. The van der Waals surface area contributed by atoms with Crippen LogP contribution in [0.5, 0.6) is 0 Å². The van der Waals surface area contributed by atoms with E-state index in [1.54, 1.807) is 0 Å². The first-order chi connectivity index (χ1) is 13.4. The van der Waals surface area contributed by atoms with Gasteiger partial charge < -0.3 is 15.7 Å². The average Bonchev–Trinajstić information content (AvgIpc) is 2.68. The van der Waals surface area contributed by atoms with Gasteiger partial charge in [0.25, 0.3) is 0 Å². The van der Waals surface area contributed by atoms with Gasteiger partial charge in [-0.3, -0.25) is 9.59 Å². The van der Waals surface area contributed by atoms with E-state index in [-0.39, 0.29) is 24.8 Å². The number of carboxylic acid groups (broad SMARTS) is 1. The van der Waals surface area contributed by atoms with Crippen molar-refractivity contribution in [2.24, 2.45) is 0 Å². The van der Waals surface area contributed by atoms with Gasteiger partial charge >= 0.3 is 5.97 Å². The SMILES string of the molecule is C=CCCCCCC[C@H](NC(=O)CCC(=O)N[C@H](C)c1ccccc1)C(=O)O. The molecule has 1 rings (SSSR count). The molecule has 3 N–H and O–H groups in total. The van der Waals surface area contributed by atoms with Crippen LogP contribution in [0.3, 0.4) is 0 Å². The fraction of sp³-hybridized carbons (Fsp3) is 0.500. The molecule has 0 aliphatic rings. The van der Waals surface area contributed by atoms with Gasteiger partial charge in [0, 0.05) is 12.8 Å². The van der Waals surface area contributed by atoms with E-state index in [1.165, 1.54) is 0 Å². The fourth-order valence-corrected chi connectivity index (χ4v) is 2.88. The van der Waals surface area contributed by atoms with E-state index in [2.05, 4.69) is 17.2 Å². The third-order valence-corrected chi connectivity index (χ3v) is 4.54. The lowest BCUT2D eigenvalue weighted by atomic mass is 10.1. The number of allylic oxidation sites excluding steroid dienone is 1. The van der Waals surface area contributed by atoms with Crippen molar-refractivity contribution in [1.29, 1.82) is 0 Å². The number of hydrogen-bond donors (Lipinski definition) is 3. The molecule has 154 valence electrons. The lowest BCUT2D eigenvalue weighted by Gasteiger charge is -2.16. The Morgan fingerprint density at radius 2 is 1.61 bits per heavy atom. The summed E-state index contributed by atoms with van der Waals surface area (Å²) in [6, 6.07) is 8.50. The zero-order valence-electron chi connectivity index (χ0n) is 16.7. The Balaban J connectivity index is 2.30. The lowest BCUT2D eigenvalue weighted by molar-refractivity contribution is -0.142. The second kappa shape index (κ2) is 13.5. The van der Waals surface area contributed by atoms with E-state index in [9.17, 15) is 19.5 Å². The number of rotatable bonds is 14. The molecule has 2 atom stereocenters. The normalized spacial score (nSPS) is 12.6. The zero-order valence-corrected chi connectivity index (χ0v) is 16.7. The smallest absolute Gasteiger partial charge is 0.326 e. The summed E-state index contributed by atoms with van der Waals surface area (Å²) in [6.07, 6.45) is 6.95. The van der Waals surface area contributed by atoms with Crippen molar-refractivity contribution >= 4 is 17.8 Å². The van der Waals surface area contributed by atoms with Crippen LogP contribution >= 0.6 is 0 Å². The van der Waals surface area contributed by atoms with Gasteiger partial charge in [0.2, 0.25) is 11.8 Å². The maximum atomic E-state index is 12.0. The Kier molecular flexibility index (Phi) is 11.3. The number of aliphatic carboxylic acids is 1. The number of benzene rings is 1. The first-order valence-corrected chi connectivity index (χ1v) is 9.91. The highest BCUT2D eigenvalue weighted by atomic mass is 16.4. The number of carbonyl (C=O) groups excluding carboxylic acids is 2. The van der Waals surface area contributed by atoms with Crippen molar-refractivity contribution in [2.75, 3.05) is 0 Å². The van der Waals surface area contributed by atoms with Gasteiger partial charge in [0.15, 0.2) is 0 Å². The summed E-state index contributed by atoms with van der Waals surface area (Å²) >= 11 is 0. The number of carbonyl (C=O) groups is 3. The Bertz CT molecular complexity index is 631. The van der Waals surface area contributed by atoms with E-state index in [0.717, 1.165) is 37.7 Å². The van der Waals surface area contributed by atoms with Gasteiger partial charge in [-0.2, -0.15) is 0 Å². The van der Waals surface area contributed by atoms with Gasteiger partial charge in [0.1, 0.15) is 6.04 Å². The molecule has 0 saturated heterocycles. The minimum atomic E-state index is -1.04. The van der Waals surface area contributed by atoms with E-state index < -0.39 is 17.9 Å². The molecule has 2 amide bonds. The molecular formula is C22H32N2O4. The molecule has 1 aromatic carbocycles. The summed E-state index contributed by atoms with van der Waals surface area (Å²) in [4.78, 5) is 35.4. The Morgan fingerprint density at radius 1 is 1.00 bits per heavy atom. The topological polar surface area (TPSA) is 95.5 Å². The number of nitrogens with one attached hydrogen (secondary N) is 2. The molecule has 0 spiro atoms. The van der Waals surface area contributed by atoms with E-state index in [4.69, 9.17) is 0 Å². The summed E-state index contributed by atoms with van der Waals surface area (Å²) < 4.78 is 0. The molecule has 0 aliphatic carbocycles. The molecule has 28 heavy (non-hydrogen) atoms. The van der Waals surface area contributed by atoms with E-state index >= 15 is 0 Å². The van der Waals surface area contributed by atoms with Crippen molar-refractivity contribution in [3.8, 4) is 0 Å². The molecule has 1 aromatic rings. The van der Waals surface area contributed by atoms with Gasteiger partial charge in [-0.05, 0) is 31.7 Å². The molecule has 0 aromatic heterocycles. The molecule has 6 nitrogen and oxygen atoms in total. The predicted molar refractivity (Wildman–Crippen MR) is 110 cm³/mol. The van der Waals surface area contributed by atoms with Crippen LogP contribution in [-0.4, -0.2) is 28.9 Å². The maximum Gasteiger partial charge on any atom is 0.326 e. The van der Waals surface area contributed by atoms with Crippen LogP contribution in [0, 0.1) is 0 Å². The minimum absolute atomic E-state index is 0.0247. The summed E-state index contributed by atoms with van der Waals surface area (Å²) in [5, 5.41) is 14.6. The molecule has 0 fully saturated rings. The molecule has 0 saturated carbocycles. The Labute approximate surface area is 167 Å². The van der Waals surface area contributed by atoms with Gasteiger partial charge in [-0.15, -0.1) is 6.58 Å². The van der Waals surface area contributed by atoms with Crippen LogP contribution in [0.25, 0.3) is 0 Å². The molecular weight excluding hydrogens is 356 g/mol. The first-order valence-electron chi connectivity index (χ1n) is 9.91. The van der Waals surface area contributed by atoms with Crippen LogP contribution in [-0.2, 0) is 14.4 Å². The molecule has 0 bridgehead atoms. The standard InChI is InChI=1S/C22H32N2O4/c1-3-4-5-6-7-11-14-19(22(27)28)24-21(26)16-15-20(25)23-17(2)18-12-9-8-10-13-18/h3,8-10,12-13,17,19H,1,4-7,11,14-16H2,2H3,(H,23,25)(H,24,26)(H,27,28)/t17-,19+/m1/s1. The van der Waals surface area contributed by atoms with Crippen LogP contribution in [0.1, 0.15) is 69.9 Å². The van der Waals surface area contributed by atoms with Crippen molar-refractivity contribution in [2.45, 2.75) is 70.4 Å². The van der Waals surface area contributed by atoms with Crippen molar-refractivity contribution < 1.29 is 19.5 Å². The highest BCUT2D eigenvalue weighted by Gasteiger charge is 2.20. The number of amides is 2. The Morgan fingerprint density at radius 3 is 2.21 bits per heavy atom. The van der Waals surface area contributed by atoms with E-state index in [0.29, 0.717) is 6.42 Å².